The Morgan fingerprint density at radius 2 is 1.91 bits per heavy atom. The summed E-state index contributed by atoms with van der Waals surface area (Å²) >= 11 is 0. The van der Waals surface area contributed by atoms with Gasteiger partial charge in [-0.15, -0.1) is 0 Å². The van der Waals surface area contributed by atoms with E-state index in [9.17, 15) is 27.9 Å². The molecule has 1 aliphatic heterocycles. The average Bonchev–Trinajstić information content (AvgIpc) is 2.86. The number of nitrogens with one attached hydrogen (secondary N) is 1. The first-order valence-corrected chi connectivity index (χ1v) is 10.1. The first kappa shape index (κ1) is 23.3. The summed E-state index contributed by atoms with van der Waals surface area (Å²) in [7, 11) is 0. The zero-order valence-electron chi connectivity index (χ0n) is 17.7. The van der Waals surface area contributed by atoms with Gasteiger partial charge in [-0.05, 0) is 43.3 Å². The molecule has 3 aromatic rings. The van der Waals surface area contributed by atoms with Crippen molar-refractivity contribution in [2.24, 2.45) is 0 Å². The summed E-state index contributed by atoms with van der Waals surface area (Å²) in [5.74, 6) is -3.45. The number of fused-ring (bicyclic) bond motifs is 3. The third-order valence-corrected chi connectivity index (χ3v) is 5.36. The standard InChI is InChI=1S/C23H18F4N4O3/c1-12-9-17-19(21(24)29-12)15-3-2-8-28-20(15)16(11-32)22(34)31(17)10-18(33)30-14-6-4-13(5-7-14)23(25,26)27/h2-9,16,32H,10-11H2,1H3,(H,30,33). The number of halogens is 4. The lowest BCUT2D eigenvalue weighted by Gasteiger charge is -2.25. The van der Waals surface area contributed by atoms with Crippen molar-refractivity contribution in [2.45, 2.75) is 19.0 Å². The topological polar surface area (TPSA) is 95.4 Å². The van der Waals surface area contributed by atoms with Crippen LogP contribution in [0.1, 0.15) is 22.9 Å². The van der Waals surface area contributed by atoms with E-state index in [1.54, 1.807) is 12.1 Å². The molecule has 1 atom stereocenters. The van der Waals surface area contributed by atoms with Gasteiger partial charge in [0.25, 0.3) is 0 Å². The number of benzene rings is 1. The summed E-state index contributed by atoms with van der Waals surface area (Å²) in [6.07, 6.45) is -3.12. The van der Waals surface area contributed by atoms with E-state index < -0.39 is 48.6 Å². The fourth-order valence-electron chi connectivity index (χ4n) is 3.83. The summed E-state index contributed by atoms with van der Waals surface area (Å²) in [5, 5.41) is 12.4. The number of hydrogen-bond acceptors (Lipinski definition) is 5. The van der Waals surface area contributed by atoms with Gasteiger partial charge in [0.15, 0.2) is 0 Å². The lowest BCUT2D eigenvalue weighted by molar-refractivity contribution is -0.137. The Hall–Kier alpha value is -3.86. The molecule has 4 rings (SSSR count). The number of anilines is 2. The quantitative estimate of drug-likeness (QED) is 0.445. The van der Waals surface area contributed by atoms with Crippen LogP contribution < -0.4 is 10.2 Å². The first-order chi connectivity index (χ1) is 16.1. The average molecular weight is 474 g/mol. The maximum Gasteiger partial charge on any atom is 0.416 e. The Morgan fingerprint density at radius 1 is 1.21 bits per heavy atom. The van der Waals surface area contributed by atoms with Crippen LogP contribution in [0.2, 0.25) is 0 Å². The zero-order valence-corrected chi connectivity index (χ0v) is 17.7. The smallest absolute Gasteiger partial charge is 0.395 e. The fourth-order valence-corrected chi connectivity index (χ4v) is 3.83. The normalized spacial score (nSPS) is 15.4. The highest BCUT2D eigenvalue weighted by molar-refractivity contribution is 6.09. The predicted molar refractivity (Wildman–Crippen MR) is 114 cm³/mol. The summed E-state index contributed by atoms with van der Waals surface area (Å²) in [6.45, 7) is 0.301. The highest BCUT2D eigenvalue weighted by Crippen LogP contribution is 2.41. The van der Waals surface area contributed by atoms with E-state index in [4.69, 9.17) is 0 Å². The molecule has 11 heteroatoms. The maximum absolute atomic E-state index is 15.0. The molecule has 0 fully saturated rings. The number of alkyl halides is 3. The van der Waals surface area contributed by atoms with E-state index in [-0.39, 0.29) is 33.9 Å². The van der Waals surface area contributed by atoms with Gasteiger partial charge in [-0.3, -0.25) is 14.6 Å². The van der Waals surface area contributed by atoms with Crippen molar-refractivity contribution in [3.63, 3.8) is 0 Å². The minimum atomic E-state index is -4.52. The molecule has 0 aliphatic carbocycles. The van der Waals surface area contributed by atoms with Crippen molar-refractivity contribution < 1.29 is 32.3 Å². The Bertz CT molecular complexity index is 1260. The van der Waals surface area contributed by atoms with Crippen molar-refractivity contribution in [1.82, 2.24) is 9.97 Å². The molecule has 0 saturated carbocycles. The van der Waals surface area contributed by atoms with Gasteiger partial charge in [0, 0.05) is 23.1 Å². The van der Waals surface area contributed by atoms with Gasteiger partial charge in [-0.25, -0.2) is 4.98 Å². The van der Waals surface area contributed by atoms with E-state index in [2.05, 4.69) is 15.3 Å². The summed E-state index contributed by atoms with van der Waals surface area (Å²) in [6, 6.07) is 8.34. The number of carbonyl (C=O) groups excluding carboxylic acids is 2. The van der Waals surface area contributed by atoms with Crippen LogP contribution in [0.5, 0.6) is 0 Å². The van der Waals surface area contributed by atoms with E-state index >= 15 is 4.39 Å². The fraction of sp³-hybridized carbons (Fsp3) is 0.217. The van der Waals surface area contributed by atoms with Crippen LogP contribution in [-0.4, -0.2) is 40.0 Å². The van der Waals surface area contributed by atoms with E-state index in [1.165, 1.54) is 19.2 Å². The van der Waals surface area contributed by atoms with Gasteiger partial charge < -0.3 is 15.3 Å². The molecule has 1 unspecified atom stereocenters. The highest BCUT2D eigenvalue weighted by Gasteiger charge is 2.37. The van der Waals surface area contributed by atoms with E-state index in [0.29, 0.717) is 0 Å². The monoisotopic (exact) mass is 474 g/mol. The minimum Gasteiger partial charge on any atom is -0.395 e. The number of pyridine rings is 2. The van der Waals surface area contributed by atoms with E-state index in [1.807, 2.05) is 0 Å². The molecule has 0 saturated heterocycles. The van der Waals surface area contributed by atoms with Gasteiger partial charge >= 0.3 is 6.18 Å². The molecule has 1 aliphatic rings. The van der Waals surface area contributed by atoms with Gasteiger partial charge in [0.05, 0.1) is 29.1 Å². The molecule has 7 nitrogen and oxygen atoms in total. The molecule has 2 amide bonds. The Labute approximate surface area is 191 Å². The molecule has 3 heterocycles. The molecular formula is C23H18F4N4O3. The second kappa shape index (κ2) is 8.82. The third kappa shape index (κ3) is 4.34. The van der Waals surface area contributed by atoms with Crippen molar-refractivity contribution in [2.75, 3.05) is 23.4 Å². The molecule has 0 bridgehead atoms. The first-order valence-electron chi connectivity index (χ1n) is 10.1. The van der Waals surface area contributed by atoms with Gasteiger partial charge in [0.2, 0.25) is 17.8 Å². The van der Waals surface area contributed by atoms with Gasteiger partial charge in [-0.2, -0.15) is 17.6 Å². The van der Waals surface area contributed by atoms with Crippen LogP contribution in [-0.2, 0) is 15.8 Å². The van der Waals surface area contributed by atoms with Crippen LogP contribution in [0.4, 0.5) is 28.9 Å². The molecule has 0 spiro atoms. The van der Waals surface area contributed by atoms with Crippen molar-refractivity contribution >= 4 is 23.2 Å². The Morgan fingerprint density at radius 3 is 2.56 bits per heavy atom. The molecule has 176 valence electrons. The Kier molecular flexibility index (Phi) is 6.05. The number of nitrogens with zero attached hydrogens (tertiary/aromatic N) is 3. The van der Waals surface area contributed by atoms with Crippen LogP contribution in [0.15, 0.2) is 48.7 Å². The highest BCUT2D eigenvalue weighted by atomic mass is 19.4. The van der Waals surface area contributed by atoms with Crippen LogP contribution >= 0.6 is 0 Å². The summed E-state index contributed by atoms with van der Waals surface area (Å²) in [4.78, 5) is 35.1. The molecule has 0 radical (unpaired) electrons. The minimum absolute atomic E-state index is 0.0414. The molecule has 1 aromatic carbocycles. The molecule has 2 N–H and O–H groups in total. The second-order valence-corrected chi connectivity index (χ2v) is 7.67. The largest absolute Gasteiger partial charge is 0.416 e. The number of aliphatic hydroxyl groups is 1. The van der Waals surface area contributed by atoms with Crippen molar-refractivity contribution in [3.05, 3.63) is 71.6 Å². The maximum atomic E-state index is 15.0. The summed E-state index contributed by atoms with van der Waals surface area (Å²) in [5.41, 5.74) is -0.0990. The van der Waals surface area contributed by atoms with Crippen molar-refractivity contribution in [1.29, 1.82) is 0 Å². The SMILES string of the molecule is Cc1cc2c(c(F)n1)-c1cccnc1C(CO)C(=O)N2CC(=O)Nc1ccc(C(F)(F)F)cc1. The number of rotatable bonds is 4. The number of amides is 2. The molecule has 34 heavy (non-hydrogen) atoms. The second-order valence-electron chi connectivity index (χ2n) is 7.67. The van der Waals surface area contributed by atoms with Gasteiger partial charge in [0.1, 0.15) is 12.5 Å². The molecular weight excluding hydrogens is 456 g/mol. The van der Waals surface area contributed by atoms with Crippen LogP contribution in [0, 0.1) is 12.9 Å². The van der Waals surface area contributed by atoms with Crippen LogP contribution in [0.3, 0.4) is 0 Å². The Balaban J connectivity index is 1.70. The number of carbonyl (C=O) groups is 2. The van der Waals surface area contributed by atoms with Gasteiger partial charge in [-0.1, -0.05) is 6.07 Å². The number of aromatic nitrogens is 2. The zero-order chi connectivity index (χ0) is 24.6. The van der Waals surface area contributed by atoms with Crippen LogP contribution in [0.25, 0.3) is 11.1 Å². The number of aliphatic hydroxyl groups excluding tert-OH is 1. The summed E-state index contributed by atoms with van der Waals surface area (Å²) < 4.78 is 53.3. The molecule has 2 aromatic heterocycles. The lowest BCUT2D eigenvalue weighted by atomic mass is 9.97. The number of hydrogen-bond donors (Lipinski definition) is 2. The number of aryl methyl sites for hydroxylation is 1. The third-order valence-electron chi connectivity index (χ3n) is 5.36. The van der Waals surface area contributed by atoms with E-state index in [0.717, 1.165) is 29.2 Å². The lowest BCUT2D eigenvalue weighted by Crippen LogP contribution is -2.41. The van der Waals surface area contributed by atoms with Crippen molar-refractivity contribution in [3.8, 4) is 11.1 Å². The predicted octanol–water partition coefficient (Wildman–Crippen LogP) is 3.67.